The van der Waals surface area contributed by atoms with E-state index in [0.29, 0.717) is 37.8 Å². The summed E-state index contributed by atoms with van der Waals surface area (Å²) in [5.41, 5.74) is 1.19. The van der Waals surface area contributed by atoms with Gasteiger partial charge in [0.2, 0.25) is 0 Å². The molecule has 1 unspecified atom stereocenters. The molecule has 2 rings (SSSR count). The van der Waals surface area contributed by atoms with Crippen LogP contribution in [0.25, 0.3) is 0 Å². The molecular weight excluding hydrogens is 240 g/mol. The van der Waals surface area contributed by atoms with Gasteiger partial charge in [-0.2, -0.15) is 0 Å². The number of ether oxygens (including phenoxy) is 2. The van der Waals surface area contributed by atoms with Crippen molar-refractivity contribution in [3.05, 3.63) is 29.8 Å². The van der Waals surface area contributed by atoms with E-state index in [9.17, 15) is 4.79 Å². The SMILES string of the molecule is CCOCCCC(=O)CC1CCOc2ccccc21. The third-order valence-electron chi connectivity index (χ3n) is 3.51. The molecule has 19 heavy (non-hydrogen) atoms. The second-order valence-corrected chi connectivity index (χ2v) is 4.92. The van der Waals surface area contributed by atoms with E-state index in [4.69, 9.17) is 9.47 Å². The lowest BCUT2D eigenvalue weighted by Crippen LogP contribution is -2.17. The maximum atomic E-state index is 12.0. The van der Waals surface area contributed by atoms with Crippen molar-refractivity contribution in [2.24, 2.45) is 0 Å². The van der Waals surface area contributed by atoms with Gasteiger partial charge >= 0.3 is 0 Å². The summed E-state index contributed by atoms with van der Waals surface area (Å²) < 4.78 is 10.9. The first-order valence-electron chi connectivity index (χ1n) is 7.12. The van der Waals surface area contributed by atoms with Gasteiger partial charge in [-0.25, -0.2) is 0 Å². The number of benzene rings is 1. The van der Waals surface area contributed by atoms with E-state index in [2.05, 4.69) is 6.07 Å². The van der Waals surface area contributed by atoms with E-state index < -0.39 is 0 Å². The summed E-state index contributed by atoms with van der Waals surface area (Å²) in [5, 5.41) is 0. The molecule has 1 aliphatic heterocycles. The minimum Gasteiger partial charge on any atom is -0.493 e. The zero-order valence-electron chi connectivity index (χ0n) is 11.6. The highest BCUT2D eigenvalue weighted by Gasteiger charge is 2.22. The van der Waals surface area contributed by atoms with E-state index in [1.54, 1.807) is 0 Å². The number of Topliss-reactive ketones (excluding diaryl/α,β-unsaturated/α-hetero) is 1. The second-order valence-electron chi connectivity index (χ2n) is 4.92. The molecule has 0 radical (unpaired) electrons. The highest BCUT2D eigenvalue weighted by Crippen LogP contribution is 2.35. The molecule has 104 valence electrons. The molecule has 0 amide bonds. The molecule has 1 atom stereocenters. The molecule has 0 aliphatic carbocycles. The van der Waals surface area contributed by atoms with Crippen LogP contribution in [-0.2, 0) is 9.53 Å². The van der Waals surface area contributed by atoms with Crippen molar-refractivity contribution in [2.75, 3.05) is 19.8 Å². The minimum atomic E-state index is 0.324. The molecule has 0 fully saturated rings. The molecule has 1 heterocycles. The highest BCUT2D eigenvalue weighted by molar-refractivity contribution is 5.79. The van der Waals surface area contributed by atoms with Crippen LogP contribution in [-0.4, -0.2) is 25.6 Å². The van der Waals surface area contributed by atoms with Gasteiger partial charge in [-0.15, -0.1) is 0 Å². The quantitative estimate of drug-likeness (QED) is 0.707. The summed E-state index contributed by atoms with van der Waals surface area (Å²) in [6.45, 7) is 4.10. The first kappa shape index (κ1) is 14.1. The number of carbonyl (C=O) groups is 1. The summed E-state index contributed by atoms with van der Waals surface area (Å²) in [6.07, 6.45) is 3.03. The molecule has 1 aromatic rings. The molecule has 3 nitrogen and oxygen atoms in total. The molecular formula is C16H22O3. The van der Waals surface area contributed by atoms with Crippen LogP contribution >= 0.6 is 0 Å². The number of ketones is 1. The molecule has 0 spiro atoms. The standard InChI is InChI=1S/C16H22O3/c1-2-18-10-5-6-14(17)12-13-9-11-19-16-8-4-3-7-15(13)16/h3-4,7-8,13H,2,5-6,9-12H2,1H3. The number of hydrogen-bond acceptors (Lipinski definition) is 3. The lowest BCUT2D eigenvalue weighted by atomic mass is 9.88. The van der Waals surface area contributed by atoms with Gasteiger partial charge in [0.25, 0.3) is 0 Å². The van der Waals surface area contributed by atoms with Gasteiger partial charge in [0.1, 0.15) is 11.5 Å². The fraction of sp³-hybridized carbons (Fsp3) is 0.562. The Morgan fingerprint density at radius 1 is 1.42 bits per heavy atom. The Balaban J connectivity index is 1.85. The van der Waals surface area contributed by atoms with Crippen LogP contribution in [0.1, 0.15) is 44.1 Å². The van der Waals surface area contributed by atoms with Gasteiger partial charge < -0.3 is 9.47 Å². The largest absolute Gasteiger partial charge is 0.493 e. The van der Waals surface area contributed by atoms with Gasteiger partial charge in [-0.3, -0.25) is 4.79 Å². The average molecular weight is 262 g/mol. The zero-order chi connectivity index (χ0) is 13.5. The Morgan fingerprint density at radius 2 is 2.26 bits per heavy atom. The molecule has 1 aliphatic rings. The van der Waals surface area contributed by atoms with Gasteiger partial charge in [-0.05, 0) is 37.3 Å². The van der Waals surface area contributed by atoms with Crippen LogP contribution in [0.3, 0.4) is 0 Å². The molecule has 1 aromatic carbocycles. The summed E-state index contributed by atoms with van der Waals surface area (Å²) in [7, 11) is 0. The predicted molar refractivity (Wildman–Crippen MR) is 74.6 cm³/mol. The third kappa shape index (κ3) is 4.06. The summed E-state index contributed by atoms with van der Waals surface area (Å²) in [5.74, 6) is 1.60. The van der Waals surface area contributed by atoms with Gasteiger partial charge in [0.15, 0.2) is 0 Å². The van der Waals surface area contributed by atoms with E-state index in [-0.39, 0.29) is 0 Å². The lowest BCUT2D eigenvalue weighted by Gasteiger charge is -2.25. The van der Waals surface area contributed by atoms with Crippen molar-refractivity contribution in [3.63, 3.8) is 0 Å². The van der Waals surface area contributed by atoms with E-state index in [1.165, 1.54) is 5.56 Å². The minimum absolute atomic E-state index is 0.324. The Labute approximate surface area is 114 Å². The normalized spacial score (nSPS) is 17.6. The topological polar surface area (TPSA) is 35.5 Å². The van der Waals surface area contributed by atoms with Crippen LogP contribution in [0.4, 0.5) is 0 Å². The number of para-hydroxylation sites is 1. The number of fused-ring (bicyclic) bond motifs is 1. The molecule has 0 saturated heterocycles. The lowest BCUT2D eigenvalue weighted by molar-refractivity contribution is -0.119. The first-order chi connectivity index (χ1) is 9.31. The molecule has 0 N–H and O–H groups in total. The Bertz CT molecular complexity index is 414. The van der Waals surface area contributed by atoms with Crippen molar-refractivity contribution in [2.45, 2.75) is 38.5 Å². The Morgan fingerprint density at radius 3 is 3.11 bits per heavy atom. The van der Waals surface area contributed by atoms with Crippen LogP contribution < -0.4 is 4.74 Å². The summed E-state index contributed by atoms with van der Waals surface area (Å²) in [4.78, 5) is 12.0. The number of carbonyl (C=O) groups excluding carboxylic acids is 1. The van der Waals surface area contributed by atoms with Gasteiger partial charge in [0, 0.05) is 26.1 Å². The van der Waals surface area contributed by atoms with E-state index in [0.717, 1.165) is 25.2 Å². The van der Waals surface area contributed by atoms with Crippen LogP contribution in [0.15, 0.2) is 24.3 Å². The summed E-state index contributed by atoms with van der Waals surface area (Å²) >= 11 is 0. The van der Waals surface area contributed by atoms with Gasteiger partial charge in [-0.1, -0.05) is 18.2 Å². The fourth-order valence-electron chi connectivity index (χ4n) is 2.52. The Kier molecular flexibility index (Phi) is 5.40. The molecule has 0 saturated carbocycles. The number of rotatable bonds is 7. The van der Waals surface area contributed by atoms with Crippen LogP contribution in [0.5, 0.6) is 5.75 Å². The van der Waals surface area contributed by atoms with E-state index in [1.807, 2.05) is 25.1 Å². The predicted octanol–water partition coefficient (Wildman–Crippen LogP) is 3.33. The smallest absolute Gasteiger partial charge is 0.133 e. The Hall–Kier alpha value is -1.35. The summed E-state index contributed by atoms with van der Waals surface area (Å²) in [6, 6.07) is 8.05. The maximum Gasteiger partial charge on any atom is 0.133 e. The van der Waals surface area contributed by atoms with E-state index >= 15 is 0 Å². The van der Waals surface area contributed by atoms with Crippen molar-refractivity contribution in [1.29, 1.82) is 0 Å². The average Bonchev–Trinajstić information content (AvgIpc) is 2.44. The second kappa shape index (κ2) is 7.29. The van der Waals surface area contributed by atoms with Crippen molar-refractivity contribution < 1.29 is 14.3 Å². The third-order valence-corrected chi connectivity index (χ3v) is 3.51. The fourth-order valence-corrected chi connectivity index (χ4v) is 2.52. The highest BCUT2D eigenvalue weighted by atomic mass is 16.5. The monoisotopic (exact) mass is 262 g/mol. The van der Waals surface area contributed by atoms with Gasteiger partial charge in [0.05, 0.1) is 6.61 Å². The van der Waals surface area contributed by atoms with Crippen molar-refractivity contribution in [3.8, 4) is 5.75 Å². The molecule has 0 bridgehead atoms. The number of hydrogen-bond donors (Lipinski definition) is 0. The van der Waals surface area contributed by atoms with Crippen molar-refractivity contribution >= 4 is 5.78 Å². The zero-order valence-corrected chi connectivity index (χ0v) is 11.6. The van der Waals surface area contributed by atoms with Crippen LogP contribution in [0, 0.1) is 0 Å². The van der Waals surface area contributed by atoms with Crippen molar-refractivity contribution in [1.82, 2.24) is 0 Å². The maximum absolute atomic E-state index is 12.0. The first-order valence-corrected chi connectivity index (χ1v) is 7.12. The van der Waals surface area contributed by atoms with Crippen LogP contribution in [0.2, 0.25) is 0 Å². The molecule has 0 aromatic heterocycles. The molecule has 3 heteroatoms.